The van der Waals surface area contributed by atoms with E-state index in [2.05, 4.69) is 9.71 Å². The van der Waals surface area contributed by atoms with Crippen LogP contribution < -0.4 is 4.72 Å². The average Bonchev–Trinajstić information content (AvgIpc) is 3.01. The lowest BCUT2D eigenvalue weighted by Gasteiger charge is -2.16. The van der Waals surface area contributed by atoms with Gasteiger partial charge in [0.2, 0.25) is 15.9 Å². The number of para-hydroxylation sites is 1. The lowest BCUT2D eigenvalue weighted by Crippen LogP contribution is -2.38. The first-order valence-corrected chi connectivity index (χ1v) is 9.13. The Morgan fingerprint density at radius 1 is 1.39 bits per heavy atom. The summed E-state index contributed by atoms with van der Waals surface area (Å²) in [6.45, 7) is 2.82. The van der Waals surface area contributed by atoms with Crippen molar-refractivity contribution < 1.29 is 13.2 Å². The fourth-order valence-corrected chi connectivity index (χ4v) is 4.03. The van der Waals surface area contributed by atoms with E-state index in [4.69, 9.17) is 0 Å². The van der Waals surface area contributed by atoms with E-state index in [9.17, 15) is 13.2 Å². The van der Waals surface area contributed by atoms with Gasteiger partial charge in [0.05, 0.1) is 5.52 Å². The minimum absolute atomic E-state index is 0.0547. The second-order valence-corrected chi connectivity index (χ2v) is 7.38. The van der Waals surface area contributed by atoms with Gasteiger partial charge in [-0.05, 0) is 18.6 Å². The lowest BCUT2D eigenvalue weighted by molar-refractivity contribution is -0.129. The van der Waals surface area contributed by atoms with Crippen LogP contribution in [0.2, 0.25) is 0 Å². The van der Waals surface area contributed by atoms with Crippen molar-refractivity contribution in [3.8, 4) is 0 Å². The first-order valence-electron chi connectivity index (χ1n) is 7.64. The Morgan fingerprint density at radius 3 is 2.96 bits per heavy atom. The summed E-state index contributed by atoms with van der Waals surface area (Å²) in [5, 5.41) is 0.782. The molecule has 0 unspecified atom stereocenters. The summed E-state index contributed by atoms with van der Waals surface area (Å²) in [4.78, 5) is 17.7. The van der Waals surface area contributed by atoms with Gasteiger partial charge >= 0.3 is 0 Å². The van der Waals surface area contributed by atoms with Gasteiger partial charge in [0, 0.05) is 37.1 Å². The van der Waals surface area contributed by atoms with Crippen molar-refractivity contribution in [2.24, 2.45) is 0 Å². The summed E-state index contributed by atoms with van der Waals surface area (Å²) in [5.74, 6) is 0.0547. The van der Waals surface area contributed by atoms with Crippen LogP contribution in [0.4, 0.5) is 0 Å². The normalized spacial score (nSPS) is 18.5. The zero-order valence-electron chi connectivity index (χ0n) is 12.9. The number of hydrogen-bond acceptors (Lipinski definition) is 4. The molecule has 1 aliphatic rings. The number of hydrogen-bond donors (Lipinski definition) is 1. The second kappa shape index (κ2) is 6.25. The minimum atomic E-state index is -3.64. The third-order valence-electron chi connectivity index (χ3n) is 4.04. The standard InChI is InChI=1S/C16H19N3O3S/c1-2-16(20)19-8-7-13(11-19)18-23(21,22)14-9-12-5-3-4-6-15(12)17-10-14/h3-6,9-10,13,18H,2,7-8,11H2,1H3/t13-/m1/s1. The van der Waals surface area contributed by atoms with Crippen LogP contribution in [0.1, 0.15) is 19.8 Å². The van der Waals surface area contributed by atoms with E-state index in [1.807, 2.05) is 24.3 Å². The number of aromatic nitrogens is 1. The molecule has 1 N–H and O–H groups in total. The van der Waals surface area contributed by atoms with Crippen LogP contribution in [0.25, 0.3) is 10.9 Å². The van der Waals surface area contributed by atoms with Crippen molar-refractivity contribution in [1.29, 1.82) is 0 Å². The second-order valence-electron chi connectivity index (χ2n) is 5.66. The summed E-state index contributed by atoms with van der Waals surface area (Å²) in [7, 11) is -3.64. The monoisotopic (exact) mass is 333 g/mol. The highest BCUT2D eigenvalue weighted by Gasteiger charge is 2.29. The predicted octanol–water partition coefficient (Wildman–Crippen LogP) is 1.52. The van der Waals surface area contributed by atoms with Gasteiger partial charge in [-0.2, -0.15) is 0 Å². The Kier molecular flexibility index (Phi) is 4.32. The number of rotatable bonds is 4. The van der Waals surface area contributed by atoms with E-state index >= 15 is 0 Å². The van der Waals surface area contributed by atoms with E-state index in [0.717, 1.165) is 10.9 Å². The smallest absolute Gasteiger partial charge is 0.242 e. The molecule has 2 aromatic rings. The van der Waals surface area contributed by atoms with Gasteiger partial charge in [-0.3, -0.25) is 9.78 Å². The van der Waals surface area contributed by atoms with Crippen molar-refractivity contribution in [1.82, 2.24) is 14.6 Å². The molecule has 1 atom stereocenters. The molecule has 0 spiro atoms. The van der Waals surface area contributed by atoms with Gasteiger partial charge < -0.3 is 4.90 Å². The molecule has 0 bridgehead atoms. The first kappa shape index (κ1) is 15.9. The van der Waals surface area contributed by atoms with E-state index < -0.39 is 10.0 Å². The summed E-state index contributed by atoms with van der Waals surface area (Å²) < 4.78 is 27.7. The average molecular weight is 333 g/mol. The Morgan fingerprint density at radius 2 is 2.17 bits per heavy atom. The molecule has 1 amide bonds. The Bertz CT molecular complexity index is 835. The molecule has 0 radical (unpaired) electrons. The van der Waals surface area contributed by atoms with E-state index in [0.29, 0.717) is 25.9 Å². The highest BCUT2D eigenvalue weighted by Crippen LogP contribution is 2.18. The quantitative estimate of drug-likeness (QED) is 0.920. The largest absolute Gasteiger partial charge is 0.341 e. The van der Waals surface area contributed by atoms with Crippen LogP contribution in [-0.4, -0.2) is 43.3 Å². The third-order valence-corrected chi connectivity index (χ3v) is 5.53. The first-order chi connectivity index (χ1) is 11.0. The van der Waals surface area contributed by atoms with E-state index in [-0.39, 0.29) is 16.8 Å². The predicted molar refractivity (Wildman–Crippen MR) is 87.3 cm³/mol. The number of sulfonamides is 1. The van der Waals surface area contributed by atoms with Crippen LogP contribution in [0.3, 0.4) is 0 Å². The molecule has 1 aromatic carbocycles. The molecule has 3 rings (SSSR count). The molecule has 6 nitrogen and oxygen atoms in total. The number of pyridine rings is 1. The minimum Gasteiger partial charge on any atom is -0.341 e. The molecule has 23 heavy (non-hydrogen) atoms. The Balaban J connectivity index is 1.77. The van der Waals surface area contributed by atoms with E-state index in [1.165, 1.54) is 6.20 Å². The summed E-state index contributed by atoms with van der Waals surface area (Å²) in [5.41, 5.74) is 0.757. The van der Waals surface area contributed by atoms with Crippen LogP contribution in [-0.2, 0) is 14.8 Å². The number of nitrogens with zero attached hydrogens (tertiary/aromatic N) is 2. The lowest BCUT2D eigenvalue weighted by atomic mass is 10.2. The zero-order valence-corrected chi connectivity index (χ0v) is 13.7. The molecule has 0 saturated carbocycles. The molecule has 1 saturated heterocycles. The zero-order chi connectivity index (χ0) is 16.4. The molecule has 7 heteroatoms. The third kappa shape index (κ3) is 3.35. The number of carbonyl (C=O) groups excluding carboxylic acids is 1. The Hall–Kier alpha value is -1.99. The van der Waals surface area contributed by atoms with Gasteiger partial charge in [-0.25, -0.2) is 13.1 Å². The molecular formula is C16H19N3O3S. The van der Waals surface area contributed by atoms with Gasteiger partial charge in [-0.15, -0.1) is 0 Å². The molecule has 1 aromatic heterocycles. The van der Waals surface area contributed by atoms with Crippen molar-refractivity contribution in [2.45, 2.75) is 30.7 Å². The SMILES string of the molecule is CCC(=O)N1CC[C@@H](NS(=O)(=O)c2cnc3ccccc3c2)C1. The van der Waals surface area contributed by atoms with Gasteiger partial charge in [-0.1, -0.05) is 25.1 Å². The van der Waals surface area contributed by atoms with Crippen molar-refractivity contribution in [3.63, 3.8) is 0 Å². The molecular weight excluding hydrogens is 314 g/mol. The maximum absolute atomic E-state index is 12.5. The molecule has 1 fully saturated rings. The van der Waals surface area contributed by atoms with Crippen LogP contribution in [0, 0.1) is 0 Å². The highest BCUT2D eigenvalue weighted by molar-refractivity contribution is 7.89. The van der Waals surface area contributed by atoms with Gasteiger partial charge in [0.1, 0.15) is 4.90 Å². The van der Waals surface area contributed by atoms with Crippen LogP contribution in [0.5, 0.6) is 0 Å². The number of carbonyl (C=O) groups is 1. The number of likely N-dealkylation sites (tertiary alicyclic amines) is 1. The molecule has 1 aliphatic heterocycles. The fourth-order valence-electron chi connectivity index (χ4n) is 2.79. The van der Waals surface area contributed by atoms with Crippen molar-refractivity contribution >= 4 is 26.8 Å². The fraction of sp³-hybridized carbons (Fsp3) is 0.375. The molecule has 122 valence electrons. The molecule has 2 heterocycles. The van der Waals surface area contributed by atoms with Crippen LogP contribution in [0.15, 0.2) is 41.4 Å². The Labute approximate surface area is 135 Å². The van der Waals surface area contributed by atoms with Crippen molar-refractivity contribution in [2.75, 3.05) is 13.1 Å². The summed E-state index contributed by atoms with van der Waals surface area (Å²) in [6, 6.07) is 8.75. The number of amides is 1. The highest BCUT2D eigenvalue weighted by atomic mass is 32.2. The maximum Gasteiger partial charge on any atom is 0.242 e. The van der Waals surface area contributed by atoms with Gasteiger partial charge in [0.15, 0.2) is 0 Å². The van der Waals surface area contributed by atoms with E-state index in [1.54, 1.807) is 17.9 Å². The molecule has 0 aliphatic carbocycles. The number of benzene rings is 1. The number of fused-ring (bicyclic) bond motifs is 1. The van der Waals surface area contributed by atoms with Gasteiger partial charge in [0.25, 0.3) is 0 Å². The summed E-state index contributed by atoms with van der Waals surface area (Å²) >= 11 is 0. The number of nitrogens with one attached hydrogen (secondary N) is 1. The summed E-state index contributed by atoms with van der Waals surface area (Å²) in [6.07, 6.45) is 2.44. The topological polar surface area (TPSA) is 79.4 Å². The maximum atomic E-state index is 12.5. The van der Waals surface area contributed by atoms with Crippen molar-refractivity contribution in [3.05, 3.63) is 36.5 Å². The van der Waals surface area contributed by atoms with Crippen LogP contribution >= 0.6 is 0 Å².